The number of guanidine groups is 1. The Morgan fingerprint density at radius 3 is 2.38 bits per heavy atom. The molecule has 2 amide bonds. The fourth-order valence-electron chi connectivity index (χ4n) is 6.50. The van der Waals surface area contributed by atoms with E-state index in [0.29, 0.717) is 5.39 Å². The molecule has 0 unspecified atom stereocenters. The van der Waals surface area contributed by atoms with Crippen LogP contribution in [0.1, 0.15) is 81.6 Å². The number of hydrogen-bond donors (Lipinski definition) is 2. The fraction of sp³-hybridized carbons (Fsp3) is 0.412. The van der Waals surface area contributed by atoms with Gasteiger partial charge in [0, 0.05) is 11.6 Å². The van der Waals surface area contributed by atoms with Crippen molar-refractivity contribution in [2.24, 2.45) is 16.1 Å². The first-order valence-electron chi connectivity index (χ1n) is 16.1. The normalized spacial score (nSPS) is 19.2. The minimum absolute atomic E-state index is 0.0269. The molecule has 0 bridgehead atoms. The van der Waals surface area contributed by atoms with Crippen molar-refractivity contribution >= 4 is 40.3 Å². The molecule has 3 N–H and O–H groups in total. The van der Waals surface area contributed by atoms with E-state index in [-0.39, 0.29) is 52.4 Å². The molecule has 1 aliphatic heterocycles. The van der Waals surface area contributed by atoms with E-state index >= 15 is 0 Å². The molecule has 1 saturated carbocycles. The summed E-state index contributed by atoms with van der Waals surface area (Å²) in [6.07, 6.45) is -10.7. The first kappa shape index (κ1) is 37.7. The Labute approximate surface area is 302 Å². The molecule has 4 aromatic rings. The zero-order valence-corrected chi connectivity index (χ0v) is 29.0. The lowest BCUT2D eigenvalue weighted by molar-refractivity contribution is -0.164. The van der Waals surface area contributed by atoms with Gasteiger partial charge in [-0.05, 0) is 65.5 Å². The number of nitrogens with zero attached hydrogens (tertiary/aromatic N) is 6. The summed E-state index contributed by atoms with van der Waals surface area (Å²) in [6, 6.07) is 8.42. The van der Waals surface area contributed by atoms with Crippen LogP contribution in [0.4, 0.5) is 35.5 Å². The lowest BCUT2D eigenvalue weighted by Crippen LogP contribution is -2.50. The molecular weight excluding hydrogens is 737 g/mol. The van der Waals surface area contributed by atoms with Gasteiger partial charge >= 0.3 is 12.3 Å². The van der Waals surface area contributed by atoms with Gasteiger partial charge in [-0.2, -0.15) is 18.3 Å². The molecule has 282 valence electrons. The van der Waals surface area contributed by atoms with Crippen LogP contribution in [0.5, 0.6) is 0 Å². The number of ether oxygens (including phenoxy) is 1. The van der Waals surface area contributed by atoms with Gasteiger partial charge in [0.05, 0.1) is 16.8 Å². The standard InChI is InChI=1S/C34H32ClF7N8O3/c1-31(2,3)15-33(19-5-6-20-17(12-19)8-11-44-24(20)25(36)37)28(51)49(29(43)47-33)23(14-53-30(52)48-32(9-10-32)34(40,41)42)18-4-7-21(35)22(13-18)50-27(26(38)39)45-16-46-50/h4-8,11-13,16,23,25-26H,9-10,14-15H2,1-3H3,(H2,43,47)(H,48,52)/t23-,33-/m1/s1. The van der Waals surface area contributed by atoms with Crippen molar-refractivity contribution in [3.63, 3.8) is 0 Å². The number of alkyl carbamates (subject to hydrolysis) is 1. The van der Waals surface area contributed by atoms with Crippen molar-refractivity contribution in [2.45, 2.75) is 76.2 Å². The number of carbonyl (C=O) groups excluding carboxylic acids is 2. The summed E-state index contributed by atoms with van der Waals surface area (Å²) >= 11 is 6.40. The predicted molar refractivity (Wildman–Crippen MR) is 177 cm³/mol. The van der Waals surface area contributed by atoms with Crippen LogP contribution >= 0.6 is 11.6 Å². The van der Waals surface area contributed by atoms with Crippen LogP contribution in [0.15, 0.2) is 60.0 Å². The number of aromatic nitrogens is 4. The minimum atomic E-state index is -4.75. The van der Waals surface area contributed by atoms with Gasteiger partial charge in [0.2, 0.25) is 0 Å². The van der Waals surface area contributed by atoms with Crippen LogP contribution in [0.3, 0.4) is 0 Å². The Kier molecular flexibility index (Phi) is 9.58. The number of aliphatic imine (C=N–C) groups is 1. The highest BCUT2D eigenvalue weighted by Crippen LogP contribution is 2.49. The molecule has 53 heavy (non-hydrogen) atoms. The van der Waals surface area contributed by atoms with Gasteiger partial charge in [0.25, 0.3) is 18.8 Å². The van der Waals surface area contributed by atoms with Crippen molar-refractivity contribution in [2.75, 3.05) is 6.61 Å². The summed E-state index contributed by atoms with van der Waals surface area (Å²) in [7, 11) is 0. The number of benzene rings is 2. The number of hydrogen-bond acceptors (Lipinski definition) is 8. The second-order valence-electron chi connectivity index (χ2n) is 14.0. The number of amides is 2. The molecule has 3 heterocycles. The Hall–Kier alpha value is -5.00. The summed E-state index contributed by atoms with van der Waals surface area (Å²) in [5.41, 5.74) is 1.45. The molecule has 1 fully saturated rings. The maximum absolute atomic E-state index is 14.9. The number of pyridine rings is 1. The lowest BCUT2D eigenvalue weighted by atomic mass is 9.75. The molecule has 2 aromatic carbocycles. The van der Waals surface area contributed by atoms with Gasteiger partial charge in [-0.3, -0.25) is 14.7 Å². The van der Waals surface area contributed by atoms with Crippen LogP contribution in [-0.2, 0) is 15.1 Å². The van der Waals surface area contributed by atoms with Crippen molar-refractivity contribution in [3.05, 3.63) is 82.7 Å². The first-order chi connectivity index (χ1) is 24.8. The second-order valence-corrected chi connectivity index (χ2v) is 14.4. The van der Waals surface area contributed by atoms with Crippen LogP contribution < -0.4 is 11.1 Å². The maximum atomic E-state index is 14.9. The Morgan fingerprint density at radius 2 is 1.75 bits per heavy atom. The van der Waals surface area contributed by atoms with Crippen molar-refractivity contribution in [1.82, 2.24) is 30.0 Å². The minimum Gasteiger partial charge on any atom is -0.447 e. The Morgan fingerprint density at radius 1 is 1.04 bits per heavy atom. The SMILES string of the molecule is CC(C)(C)C[C@]1(c2ccc3c(C(F)F)nccc3c2)N=C(N)N([C@H](COC(=O)NC2(C(F)(F)F)CC2)c2ccc(Cl)c(-n3ncnc3C(F)F)c2)C1=O. The first-order valence-corrected chi connectivity index (χ1v) is 16.5. The molecular formula is C34H32ClF7N8O3. The largest absolute Gasteiger partial charge is 0.447 e. The molecule has 0 radical (unpaired) electrons. The molecule has 2 atom stereocenters. The highest BCUT2D eigenvalue weighted by molar-refractivity contribution is 6.32. The number of rotatable bonds is 10. The van der Waals surface area contributed by atoms with Crippen molar-refractivity contribution in [3.8, 4) is 5.69 Å². The molecule has 1 aliphatic carbocycles. The van der Waals surface area contributed by atoms with E-state index in [1.165, 1.54) is 48.7 Å². The summed E-state index contributed by atoms with van der Waals surface area (Å²) < 4.78 is 102. The van der Waals surface area contributed by atoms with Gasteiger partial charge in [-0.25, -0.2) is 37.0 Å². The Balaban J connectivity index is 1.45. The molecule has 11 nitrogen and oxygen atoms in total. The van der Waals surface area contributed by atoms with E-state index in [1.54, 1.807) is 0 Å². The highest BCUT2D eigenvalue weighted by atomic mass is 35.5. The number of fused-ring (bicyclic) bond motifs is 1. The van der Waals surface area contributed by atoms with E-state index in [9.17, 15) is 40.3 Å². The van der Waals surface area contributed by atoms with Crippen molar-refractivity contribution in [1.29, 1.82) is 0 Å². The number of halogens is 8. The smallest absolute Gasteiger partial charge is 0.411 e. The summed E-state index contributed by atoms with van der Waals surface area (Å²) in [6.45, 7) is 4.72. The van der Waals surface area contributed by atoms with E-state index in [2.05, 4.69) is 20.1 Å². The third-order valence-electron chi connectivity index (χ3n) is 9.06. The number of carbonyl (C=O) groups is 2. The zero-order chi connectivity index (χ0) is 38.7. The molecule has 6 rings (SSSR count). The topological polar surface area (TPSA) is 141 Å². The molecule has 0 spiro atoms. The fourth-order valence-corrected chi connectivity index (χ4v) is 6.70. The third-order valence-corrected chi connectivity index (χ3v) is 9.38. The zero-order valence-electron chi connectivity index (χ0n) is 28.3. The van der Waals surface area contributed by atoms with Crippen molar-refractivity contribution < 1.29 is 45.1 Å². The van der Waals surface area contributed by atoms with E-state index in [0.717, 1.165) is 15.9 Å². The number of alkyl halides is 7. The van der Waals surface area contributed by atoms with E-state index < -0.39 is 71.7 Å². The monoisotopic (exact) mass is 768 g/mol. The van der Waals surface area contributed by atoms with Crippen LogP contribution in [0.2, 0.25) is 5.02 Å². The summed E-state index contributed by atoms with van der Waals surface area (Å²) in [5, 5.41) is 6.11. The van der Waals surface area contributed by atoms with E-state index in [4.69, 9.17) is 22.1 Å². The third kappa shape index (κ3) is 7.07. The van der Waals surface area contributed by atoms with Crippen LogP contribution in [0.25, 0.3) is 16.5 Å². The van der Waals surface area contributed by atoms with Gasteiger partial charge in [-0.1, -0.05) is 50.6 Å². The number of nitrogens with two attached hydrogens (primary N) is 1. The van der Waals surface area contributed by atoms with Crippen LogP contribution in [-0.4, -0.2) is 60.9 Å². The lowest BCUT2D eigenvalue weighted by Gasteiger charge is -2.35. The average Bonchev–Trinajstić information content (AvgIpc) is 3.62. The maximum Gasteiger partial charge on any atom is 0.411 e. The van der Waals surface area contributed by atoms with Crippen LogP contribution in [0, 0.1) is 5.41 Å². The Bertz CT molecular complexity index is 2100. The average molecular weight is 769 g/mol. The highest BCUT2D eigenvalue weighted by Gasteiger charge is 2.64. The quantitative estimate of drug-likeness (QED) is 0.158. The summed E-state index contributed by atoms with van der Waals surface area (Å²) in [5.74, 6) is -1.89. The number of nitrogens with one attached hydrogen (secondary N) is 1. The molecule has 19 heteroatoms. The van der Waals surface area contributed by atoms with Gasteiger partial charge in [0.15, 0.2) is 17.3 Å². The second kappa shape index (κ2) is 13.4. The molecule has 0 saturated heterocycles. The van der Waals surface area contributed by atoms with Gasteiger partial charge in [0.1, 0.15) is 24.2 Å². The summed E-state index contributed by atoms with van der Waals surface area (Å²) in [4.78, 5) is 40.8. The predicted octanol–water partition coefficient (Wildman–Crippen LogP) is 7.69. The molecule has 2 aliphatic rings. The molecule has 2 aromatic heterocycles. The van der Waals surface area contributed by atoms with Gasteiger partial charge in [-0.15, -0.1) is 0 Å². The van der Waals surface area contributed by atoms with E-state index in [1.807, 2.05) is 26.1 Å². The van der Waals surface area contributed by atoms with Gasteiger partial charge < -0.3 is 15.8 Å².